The van der Waals surface area contributed by atoms with E-state index in [0.29, 0.717) is 0 Å². The molecule has 86 valence electrons. The van der Waals surface area contributed by atoms with Gasteiger partial charge in [-0.05, 0) is 13.8 Å². The zero-order chi connectivity index (χ0) is 12.1. The van der Waals surface area contributed by atoms with Gasteiger partial charge in [0.15, 0.2) is 0 Å². The SMILES string of the molecule is CC(=O)CCC(C)(CCC(C)=O)[N+](=O)[O-]. The molecule has 0 saturated heterocycles. The summed E-state index contributed by atoms with van der Waals surface area (Å²) >= 11 is 0. The Labute approximate surface area is 89.0 Å². The first-order valence-electron chi connectivity index (χ1n) is 4.91. The van der Waals surface area contributed by atoms with E-state index in [1.54, 1.807) is 0 Å². The third kappa shape index (κ3) is 5.24. The van der Waals surface area contributed by atoms with E-state index in [1.807, 2.05) is 0 Å². The van der Waals surface area contributed by atoms with E-state index in [2.05, 4.69) is 0 Å². The standard InChI is InChI=1S/C10H17NO4/c1-8(12)4-6-10(3,11(14)15)7-5-9(2)13/h4-7H2,1-3H3. The van der Waals surface area contributed by atoms with Crippen LogP contribution in [0.15, 0.2) is 0 Å². The summed E-state index contributed by atoms with van der Waals surface area (Å²) in [4.78, 5) is 32.0. The second kappa shape index (κ2) is 5.58. The molecular formula is C10H17NO4. The molecule has 0 aliphatic rings. The molecule has 0 bridgehead atoms. The maximum absolute atomic E-state index is 10.8. The summed E-state index contributed by atoms with van der Waals surface area (Å²) in [5.74, 6) is -0.128. The van der Waals surface area contributed by atoms with Crippen LogP contribution in [0.4, 0.5) is 0 Å². The number of carbonyl (C=O) groups excluding carboxylic acids is 2. The number of rotatable bonds is 7. The molecule has 0 rings (SSSR count). The molecule has 0 aromatic heterocycles. The zero-order valence-corrected chi connectivity index (χ0v) is 9.41. The second-order valence-corrected chi connectivity index (χ2v) is 4.16. The fourth-order valence-corrected chi connectivity index (χ4v) is 1.20. The summed E-state index contributed by atoms with van der Waals surface area (Å²) in [6.45, 7) is 4.30. The van der Waals surface area contributed by atoms with Gasteiger partial charge in [-0.1, -0.05) is 0 Å². The van der Waals surface area contributed by atoms with Crippen molar-refractivity contribution < 1.29 is 14.5 Å². The van der Waals surface area contributed by atoms with Crippen LogP contribution in [0, 0.1) is 10.1 Å². The molecule has 0 amide bonds. The number of hydrogen-bond donors (Lipinski definition) is 0. The molecule has 0 atom stereocenters. The Hall–Kier alpha value is -1.26. The summed E-state index contributed by atoms with van der Waals surface area (Å²) in [5, 5.41) is 10.8. The monoisotopic (exact) mass is 215 g/mol. The smallest absolute Gasteiger partial charge is 0.220 e. The molecule has 15 heavy (non-hydrogen) atoms. The predicted octanol–water partition coefficient (Wildman–Crippen LogP) is 1.76. The van der Waals surface area contributed by atoms with E-state index in [4.69, 9.17) is 0 Å². The summed E-state index contributed by atoms with van der Waals surface area (Å²) in [7, 11) is 0. The van der Waals surface area contributed by atoms with Crippen LogP contribution >= 0.6 is 0 Å². The first-order chi connectivity index (χ1) is 6.78. The summed E-state index contributed by atoms with van der Waals surface area (Å²) < 4.78 is 0. The zero-order valence-electron chi connectivity index (χ0n) is 9.41. The van der Waals surface area contributed by atoms with Gasteiger partial charge in [-0.3, -0.25) is 10.1 Å². The highest BCUT2D eigenvalue weighted by Gasteiger charge is 2.36. The van der Waals surface area contributed by atoms with Crippen molar-refractivity contribution in [3.05, 3.63) is 10.1 Å². The van der Waals surface area contributed by atoms with Crippen LogP contribution in [-0.2, 0) is 9.59 Å². The highest BCUT2D eigenvalue weighted by molar-refractivity contribution is 5.76. The molecule has 0 fully saturated rings. The molecule has 0 N–H and O–H groups in total. The molecular weight excluding hydrogens is 198 g/mol. The van der Waals surface area contributed by atoms with Gasteiger partial charge in [0.1, 0.15) is 11.6 Å². The van der Waals surface area contributed by atoms with Crippen molar-refractivity contribution in [1.82, 2.24) is 0 Å². The number of nitrogens with zero attached hydrogens (tertiary/aromatic N) is 1. The molecule has 5 nitrogen and oxygen atoms in total. The van der Waals surface area contributed by atoms with E-state index >= 15 is 0 Å². The van der Waals surface area contributed by atoms with Gasteiger partial charge in [0, 0.05) is 37.5 Å². The minimum Gasteiger partial charge on any atom is -0.300 e. The van der Waals surface area contributed by atoms with Gasteiger partial charge >= 0.3 is 0 Å². The van der Waals surface area contributed by atoms with E-state index in [0.717, 1.165) is 0 Å². The van der Waals surface area contributed by atoms with Gasteiger partial charge in [0.25, 0.3) is 0 Å². The molecule has 0 unspecified atom stereocenters. The maximum Gasteiger partial charge on any atom is 0.220 e. The van der Waals surface area contributed by atoms with E-state index in [-0.39, 0.29) is 37.2 Å². The van der Waals surface area contributed by atoms with Crippen LogP contribution in [0.2, 0.25) is 0 Å². The van der Waals surface area contributed by atoms with Gasteiger partial charge in [-0.25, -0.2) is 0 Å². The van der Waals surface area contributed by atoms with Crippen molar-refractivity contribution in [2.75, 3.05) is 0 Å². The molecule has 0 aromatic carbocycles. The van der Waals surface area contributed by atoms with Crippen LogP contribution in [0.5, 0.6) is 0 Å². The fourth-order valence-electron chi connectivity index (χ4n) is 1.20. The number of carbonyl (C=O) groups is 2. The minimum atomic E-state index is -1.16. The van der Waals surface area contributed by atoms with Gasteiger partial charge in [0.05, 0.1) is 0 Å². The molecule has 0 aromatic rings. The van der Waals surface area contributed by atoms with Gasteiger partial charge in [0.2, 0.25) is 5.54 Å². The Morgan fingerprint density at radius 2 is 1.47 bits per heavy atom. The lowest BCUT2D eigenvalue weighted by Crippen LogP contribution is -2.35. The quantitative estimate of drug-likeness (QED) is 0.479. The normalized spacial score (nSPS) is 11.1. The van der Waals surface area contributed by atoms with Crippen LogP contribution in [0.1, 0.15) is 46.5 Å². The lowest BCUT2D eigenvalue weighted by molar-refractivity contribution is -0.567. The van der Waals surface area contributed by atoms with Crippen molar-refractivity contribution >= 4 is 11.6 Å². The predicted molar refractivity (Wildman–Crippen MR) is 55.2 cm³/mol. The summed E-state index contributed by atoms with van der Waals surface area (Å²) in [5.41, 5.74) is -1.16. The van der Waals surface area contributed by atoms with E-state index < -0.39 is 10.5 Å². The Morgan fingerprint density at radius 1 is 1.13 bits per heavy atom. The average molecular weight is 215 g/mol. The first-order valence-corrected chi connectivity index (χ1v) is 4.91. The second-order valence-electron chi connectivity index (χ2n) is 4.16. The van der Waals surface area contributed by atoms with Crippen molar-refractivity contribution in [2.24, 2.45) is 0 Å². The number of Topliss-reactive ketones (excluding diaryl/α,β-unsaturated/α-hetero) is 2. The highest BCUT2D eigenvalue weighted by atomic mass is 16.6. The minimum absolute atomic E-state index is 0.0640. The summed E-state index contributed by atoms with van der Waals surface area (Å²) in [6, 6.07) is 0. The fraction of sp³-hybridized carbons (Fsp3) is 0.800. The molecule has 0 saturated carbocycles. The number of hydrogen-bond acceptors (Lipinski definition) is 4. The molecule has 5 heteroatoms. The average Bonchev–Trinajstić information content (AvgIpc) is 2.11. The first kappa shape index (κ1) is 13.7. The van der Waals surface area contributed by atoms with Gasteiger partial charge < -0.3 is 9.59 Å². The molecule has 0 aliphatic heterocycles. The summed E-state index contributed by atoms with van der Waals surface area (Å²) in [6.07, 6.45) is 0.774. The van der Waals surface area contributed by atoms with Crippen LogP contribution in [0.3, 0.4) is 0 Å². The lowest BCUT2D eigenvalue weighted by atomic mass is 9.89. The third-order valence-corrected chi connectivity index (χ3v) is 2.47. The van der Waals surface area contributed by atoms with Gasteiger partial charge in [-0.2, -0.15) is 0 Å². The van der Waals surface area contributed by atoms with Crippen molar-refractivity contribution in [1.29, 1.82) is 0 Å². The lowest BCUT2D eigenvalue weighted by Gasteiger charge is -2.19. The maximum atomic E-state index is 10.8. The Balaban J connectivity index is 4.38. The molecule has 0 radical (unpaired) electrons. The van der Waals surface area contributed by atoms with E-state index in [9.17, 15) is 19.7 Å². The van der Waals surface area contributed by atoms with Crippen molar-refractivity contribution in [3.63, 3.8) is 0 Å². The largest absolute Gasteiger partial charge is 0.300 e. The van der Waals surface area contributed by atoms with Crippen LogP contribution in [0.25, 0.3) is 0 Å². The van der Waals surface area contributed by atoms with Crippen LogP contribution < -0.4 is 0 Å². The van der Waals surface area contributed by atoms with E-state index in [1.165, 1.54) is 20.8 Å². The third-order valence-electron chi connectivity index (χ3n) is 2.47. The Kier molecular flexibility index (Phi) is 5.11. The highest BCUT2D eigenvalue weighted by Crippen LogP contribution is 2.23. The Bertz CT molecular complexity index is 255. The molecule has 0 spiro atoms. The van der Waals surface area contributed by atoms with Crippen molar-refractivity contribution in [2.45, 2.75) is 52.0 Å². The van der Waals surface area contributed by atoms with Crippen LogP contribution in [-0.4, -0.2) is 22.0 Å². The van der Waals surface area contributed by atoms with Gasteiger partial charge in [-0.15, -0.1) is 0 Å². The molecule has 0 aliphatic carbocycles. The topological polar surface area (TPSA) is 77.3 Å². The van der Waals surface area contributed by atoms with Crippen molar-refractivity contribution in [3.8, 4) is 0 Å². The molecule has 0 heterocycles. The Morgan fingerprint density at radius 3 is 1.67 bits per heavy atom. The number of ketones is 2. The number of nitro groups is 1.